The molecule has 2 aromatic rings. The smallest absolute Gasteiger partial charge is 0.335 e. The van der Waals surface area contributed by atoms with Crippen LogP contribution in [0.4, 0.5) is 13.2 Å². The molecule has 0 spiro atoms. The van der Waals surface area contributed by atoms with Crippen LogP contribution in [-0.2, 0) is 29.2 Å². The zero-order valence-electron chi connectivity index (χ0n) is 12.5. The first kappa shape index (κ1) is 16.9. The lowest BCUT2D eigenvalue weighted by atomic mass is 10.00. The van der Waals surface area contributed by atoms with Crippen molar-refractivity contribution < 1.29 is 21.6 Å². The first-order chi connectivity index (χ1) is 11.3. The molecule has 0 aliphatic carbocycles. The van der Waals surface area contributed by atoms with Gasteiger partial charge in [0.05, 0.1) is 0 Å². The number of imidazole rings is 1. The maximum absolute atomic E-state index is 12.5. The van der Waals surface area contributed by atoms with E-state index in [0.717, 1.165) is 30.9 Å². The van der Waals surface area contributed by atoms with Gasteiger partial charge in [0, 0.05) is 38.1 Å². The average molecular weight is 360 g/mol. The number of aryl methyl sites for hydroxylation is 1. The van der Waals surface area contributed by atoms with Gasteiger partial charge in [0.15, 0.2) is 0 Å². The van der Waals surface area contributed by atoms with Crippen LogP contribution in [0.15, 0.2) is 35.6 Å². The molecule has 0 bridgehead atoms. The van der Waals surface area contributed by atoms with Crippen LogP contribution in [-0.4, -0.2) is 29.5 Å². The fraction of sp³-hybridized carbons (Fsp3) is 0.429. The van der Waals surface area contributed by atoms with Gasteiger partial charge >= 0.3 is 6.18 Å². The van der Waals surface area contributed by atoms with Crippen molar-refractivity contribution in [1.29, 1.82) is 0 Å². The van der Waals surface area contributed by atoms with Crippen molar-refractivity contribution in [3.05, 3.63) is 42.2 Å². The van der Waals surface area contributed by atoms with Crippen molar-refractivity contribution in [2.45, 2.75) is 30.5 Å². The molecule has 1 aliphatic heterocycles. The summed E-state index contributed by atoms with van der Waals surface area (Å²) < 4.78 is 66.2. The van der Waals surface area contributed by atoms with Crippen LogP contribution in [0, 0.1) is 5.92 Å². The molecule has 1 atom stereocenters. The third-order valence-corrected chi connectivity index (χ3v) is 5.34. The Morgan fingerprint density at radius 3 is 2.75 bits per heavy atom. The zero-order valence-corrected chi connectivity index (χ0v) is 13.3. The molecule has 1 N–H and O–H groups in total. The Labute approximate surface area is 136 Å². The van der Waals surface area contributed by atoms with E-state index in [-0.39, 0.29) is 17.4 Å². The molecule has 0 fully saturated rings. The number of hydrogen-bond acceptors (Lipinski definition) is 4. The number of nitrogens with one attached hydrogen (secondary N) is 1. The Balaban J connectivity index is 1.64. The van der Waals surface area contributed by atoms with E-state index in [9.17, 15) is 21.6 Å². The van der Waals surface area contributed by atoms with E-state index in [1.54, 1.807) is 6.20 Å². The topological polar surface area (TPSA) is 76.9 Å². The van der Waals surface area contributed by atoms with E-state index in [1.807, 2.05) is 10.8 Å². The highest BCUT2D eigenvalue weighted by atomic mass is 32.2. The number of fused-ring (bicyclic) bond motifs is 1. The molecule has 0 radical (unpaired) electrons. The minimum absolute atomic E-state index is 0.101. The maximum atomic E-state index is 12.5. The fourth-order valence-corrected chi connectivity index (χ4v) is 3.68. The second kappa shape index (κ2) is 6.17. The normalized spacial score (nSPS) is 18.4. The summed E-state index contributed by atoms with van der Waals surface area (Å²) in [6.45, 7) is 0.865. The van der Waals surface area contributed by atoms with Gasteiger partial charge in [0.25, 0.3) is 0 Å². The highest BCUT2D eigenvalue weighted by molar-refractivity contribution is 7.89. The van der Waals surface area contributed by atoms with Crippen LogP contribution in [0.3, 0.4) is 0 Å². The fourth-order valence-electron chi connectivity index (χ4n) is 2.62. The Morgan fingerprint density at radius 1 is 1.29 bits per heavy atom. The molecule has 24 heavy (non-hydrogen) atoms. The van der Waals surface area contributed by atoms with Crippen LogP contribution in [0.5, 0.6) is 0 Å². The summed E-state index contributed by atoms with van der Waals surface area (Å²) in [7, 11) is -3.89. The van der Waals surface area contributed by atoms with E-state index in [0.29, 0.717) is 12.6 Å². The predicted molar refractivity (Wildman–Crippen MR) is 78.5 cm³/mol. The number of pyridine rings is 1. The molecule has 3 rings (SSSR count). The van der Waals surface area contributed by atoms with Gasteiger partial charge in [-0.25, -0.2) is 18.1 Å². The van der Waals surface area contributed by atoms with E-state index in [2.05, 4.69) is 14.7 Å². The summed E-state index contributed by atoms with van der Waals surface area (Å²) in [5.74, 6) is 1.07. The first-order valence-electron chi connectivity index (χ1n) is 7.28. The van der Waals surface area contributed by atoms with Crippen LogP contribution in [0.25, 0.3) is 0 Å². The molecule has 0 amide bonds. The van der Waals surface area contributed by atoms with E-state index >= 15 is 0 Å². The van der Waals surface area contributed by atoms with Gasteiger partial charge in [-0.05, 0) is 24.5 Å². The van der Waals surface area contributed by atoms with Crippen LogP contribution in [0.2, 0.25) is 0 Å². The Morgan fingerprint density at radius 2 is 2.08 bits per heavy atom. The molecule has 1 aliphatic rings. The minimum atomic E-state index is -4.60. The number of halogens is 3. The number of nitrogens with zero attached hydrogens (tertiary/aromatic N) is 3. The molecule has 6 nitrogen and oxygen atoms in total. The Hall–Kier alpha value is -1.94. The van der Waals surface area contributed by atoms with Crippen LogP contribution >= 0.6 is 0 Å². The molecule has 2 aromatic heterocycles. The van der Waals surface area contributed by atoms with Gasteiger partial charge < -0.3 is 4.57 Å². The van der Waals surface area contributed by atoms with E-state index in [4.69, 9.17) is 0 Å². The average Bonchev–Trinajstić information content (AvgIpc) is 3.00. The minimum Gasteiger partial charge on any atom is -0.335 e. The number of alkyl halides is 3. The monoisotopic (exact) mass is 360 g/mol. The van der Waals surface area contributed by atoms with Crippen LogP contribution in [0.1, 0.15) is 17.9 Å². The Kier molecular flexibility index (Phi) is 4.35. The highest BCUT2D eigenvalue weighted by Gasteiger charge is 2.32. The number of aromatic nitrogens is 3. The maximum Gasteiger partial charge on any atom is 0.433 e. The molecule has 10 heteroatoms. The van der Waals surface area contributed by atoms with Gasteiger partial charge in [-0.15, -0.1) is 0 Å². The summed E-state index contributed by atoms with van der Waals surface area (Å²) in [5, 5.41) is 0. The quantitative estimate of drug-likeness (QED) is 0.903. The van der Waals surface area contributed by atoms with Crippen molar-refractivity contribution in [2.24, 2.45) is 5.92 Å². The predicted octanol–water partition coefficient (Wildman–Crippen LogP) is 1.84. The summed E-state index contributed by atoms with van der Waals surface area (Å²) in [4.78, 5) is 7.09. The van der Waals surface area contributed by atoms with E-state index in [1.165, 1.54) is 0 Å². The molecule has 130 valence electrons. The van der Waals surface area contributed by atoms with Crippen molar-refractivity contribution in [3.8, 4) is 0 Å². The summed E-state index contributed by atoms with van der Waals surface area (Å²) in [6.07, 6.45) is 1.23. The van der Waals surface area contributed by atoms with E-state index < -0.39 is 21.9 Å². The molecular formula is C14H15F3N4O2S. The summed E-state index contributed by atoms with van der Waals surface area (Å²) >= 11 is 0. The Bertz CT molecular complexity index is 815. The summed E-state index contributed by atoms with van der Waals surface area (Å²) in [6, 6.07) is 1.57. The summed E-state index contributed by atoms with van der Waals surface area (Å²) in [5.41, 5.74) is -1.12. The van der Waals surface area contributed by atoms with Crippen molar-refractivity contribution in [2.75, 3.05) is 6.54 Å². The van der Waals surface area contributed by atoms with Crippen LogP contribution < -0.4 is 4.72 Å². The second-order valence-electron chi connectivity index (χ2n) is 5.63. The van der Waals surface area contributed by atoms with Gasteiger partial charge in [0.1, 0.15) is 16.4 Å². The number of rotatable bonds is 4. The third-order valence-electron chi connectivity index (χ3n) is 3.93. The second-order valence-corrected chi connectivity index (χ2v) is 7.40. The number of sulfonamides is 1. The van der Waals surface area contributed by atoms with Gasteiger partial charge in [-0.3, -0.25) is 4.98 Å². The van der Waals surface area contributed by atoms with Gasteiger partial charge in [-0.2, -0.15) is 13.2 Å². The first-order valence-corrected chi connectivity index (χ1v) is 8.77. The third kappa shape index (κ3) is 3.59. The van der Waals surface area contributed by atoms with Crippen molar-refractivity contribution >= 4 is 10.0 Å². The van der Waals surface area contributed by atoms with Crippen molar-refractivity contribution in [3.63, 3.8) is 0 Å². The van der Waals surface area contributed by atoms with Crippen molar-refractivity contribution in [1.82, 2.24) is 19.3 Å². The molecule has 0 saturated carbocycles. The molecule has 0 saturated heterocycles. The molecule has 3 heterocycles. The standard InChI is InChI=1S/C14H15F3N4O2S/c15-14(16,17)12-3-2-11(8-19-12)24(22,23)20-7-10-1-4-13-18-5-6-21(13)9-10/h2-3,5-6,8,10,20H,1,4,7,9H2/t10-/m1/s1. The molecule has 0 unspecified atom stereocenters. The van der Waals surface area contributed by atoms with Gasteiger partial charge in [0.2, 0.25) is 10.0 Å². The number of hydrogen-bond donors (Lipinski definition) is 1. The molecular weight excluding hydrogens is 345 g/mol. The lowest BCUT2D eigenvalue weighted by molar-refractivity contribution is -0.141. The SMILES string of the molecule is O=S(=O)(NC[C@H]1CCc2nccn2C1)c1ccc(C(F)(F)F)nc1. The largest absolute Gasteiger partial charge is 0.433 e. The van der Waals surface area contributed by atoms with Gasteiger partial charge in [-0.1, -0.05) is 0 Å². The lowest BCUT2D eigenvalue weighted by Gasteiger charge is -2.23. The highest BCUT2D eigenvalue weighted by Crippen LogP contribution is 2.27. The zero-order chi connectivity index (χ0) is 17.4. The lowest BCUT2D eigenvalue weighted by Crippen LogP contribution is -2.33. The molecule has 0 aromatic carbocycles.